The van der Waals surface area contributed by atoms with Gasteiger partial charge in [0.2, 0.25) is 5.91 Å². The van der Waals surface area contributed by atoms with Crippen LogP contribution < -0.4 is 5.32 Å². The van der Waals surface area contributed by atoms with Crippen LogP contribution in [0.2, 0.25) is 0 Å². The number of rotatable bonds is 26. The van der Waals surface area contributed by atoms with Crippen molar-refractivity contribution in [3.05, 3.63) is 48.6 Å². The summed E-state index contributed by atoms with van der Waals surface area (Å²) in [4.78, 5) is 12.3. The zero-order valence-electron chi connectivity index (χ0n) is 24.5. The molecule has 0 heterocycles. The van der Waals surface area contributed by atoms with E-state index in [0.717, 1.165) is 51.4 Å². The fourth-order valence-corrected chi connectivity index (χ4v) is 4.25. The van der Waals surface area contributed by atoms with Gasteiger partial charge in [-0.15, -0.1) is 0 Å². The molecule has 0 aliphatic heterocycles. The van der Waals surface area contributed by atoms with Crippen LogP contribution in [0.5, 0.6) is 0 Å². The molecule has 5 heteroatoms. The predicted octanol–water partition coefficient (Wildman–Crippen LogP) is 7.47. The number of allylic oxidation sites excluding steroid dienone is 7. The van der Waals surface area contributed by atoms with Gasteiger partial charge in [-0.3, -0.25) is 4.79 Å². The number of hydrogen-bond acceptors (Lipinski definition) is 4. The minimum Gasteiger partial charge on any atom is -0.394 e. The first kappa shape index (κ1) is 36.3. The lowest BCUT2D eigenvalue weighted by Crippen LogP contribution is -2.45. The number of nitrogens with one attached hydrogen (secondary N) is 1. The van der Waals surface area contributed by atoms with Gasteiger partial charge in [-0.05, 0) is 64.7 Å². The monoisotopic (exact) mass is 533 g/mol. The van der Waals surface area contributed by atoms with E-state index in [1.807, 2.05) is 19.1 Å². The van der Waals surface area contributed by atoms with E-state index in [4.69, 9.17) is 0 Å². The summed E-state index contributed by atoms with van der Waals surface area (Å²) in [6.45, 7) is 3.91. The van der Waals surface area contributed by atoms with Crippen molar-refractivity contribution in [2.24, 2.45) is 0 Å². The Hall–Kier alpha value is -1.69. The van der Waals surface area contributed by atoms with Crippen molar-refractivity contribution in [3.8, 4) is 0 Å². The Morgan fingerprint density at radius 3 is 1.84 bits per heavy atom. The summed E-state index contributed by atoms with van der Waals surface area (Å²) in [6, 6.07) is -0.768. The van der Waals surface area contributed by atoms with Gasteiger partial charge in [0.1, 0.15) is 0 Å². The number of amides is 1. The van der Waals surface area contributed by atoms with Crippen molar-refractivity contribution < 1.29 is 20.1 Å². The highest BCUT2D eigenvalue weighted by atomic mass is 16.3. The number of aliphatic hydroxyl groups is 3. The summed E-state index contributed by atoms with van der Waals surface area (Å²) in [5.41, 5.74) is 0. The molecule has 3 unspecified atom stereocenters. The van der Waals surface area contributed by atoms with Gasteiger partial charge in [0.05, 0.1) is 31.3 Å². The van der Waals surface area contributed by atoms with E-state index in [-0.39, 0.29) is 18.9 Å². The molecular formula is C33H59NO4. The van der Waals surface area contributed by atoms with Crippen LogP contribution in [-0.2, 0) is 4.79 Å². The Bertz CT molecular complexity index is 641. The Morgan fingerprint density at radius 2 is 1.24 bits per heavy atom. The number of carbonyl (C=O) groups excluding carboxylic acids is 1. The largest absolute Gasteiger partial charge is 0.394 e. The molecule has 0 aromatic rings. The second-order valence-electron chi connectivity index (χ2n) is 10.3. The molecule has 220 valence electrons. The third kappa shape index (κ3) is 24.6. The van der Waals surface area contributed by atoms with Crippen LogP contribution >= 0.6 is 0 Å². The summed E-state index contributed by atoms with van der Waals surface area (Å²) in [7, 11) is 0. The normalized spacial score (nSPS) is 14.8. The highest BCUT2D eigenvalue weighted by Gasteiger charge is 2.19. The first-order valence-electron chi connectivity index (χ1n) is 15.4. The smallest absolute Gasteiger partial charge is 0.222 e. The van der Waals surface area contributed by atoms with E-state index < -0.39 is 18.2 Å². The number of hydrogen-bond donors (Lipinski definition) is 4. The van der Waals surface area contributed by atoms with Crippen molar-refractivity contribution in [1.82, 2.24) is 5.32 Å². The molecule has 0 radical (unpaired) electrons. The maximum Gasteiger partial charge on any atom is 0.222 e. The molecule has 3 atom stereocenters. The molecule has 0 fully saturated rings. The van der Waals surface area contributed by atoms with Gasteiger partial charge in [0, 0.05) is 0 Å². The zero-order chi connectivity index (χ0) is 28.1. The van der Waals surface area contributed by atoms with Crippen LogP contribution in [0.25, 0.3) is 0 Å². The first-order valence-corrected chi connectivity index (χ1v) is 15.4. The van der Waals surface area contributed by atoms with Crippen LogP contribution in [0.3, 0.4) is 0 Å². The Kier molecular flexibility index (Phi) is 27.1. The van der Waals surface area contributed by atoms with Crippen LogP contribution in [0, 0.1) is 0 Å². The number of unbranched alkanes of at least 4 members (excludes halogenated alkanes) is 12. The summed E-state index contributed by atoms with van der Waals surface area (Å²) in [5, 5.41) is 32.7. The lowest BCUT2D eigenvalue weighted by molar-refractivity contribution is -0.124. The molecule has 0 bridgehead atoms. The average molecular weight is 534 g/mol. The summed E-state index contributed by atoms with van der Waals surface area (Å²) < 4.78 is 0. The predicted molar refractivity (Wildman–Crippen MR) is 162 cm³/mol. The van der Waals surface area contributed by atoms with Gasteiger partial charge in [-0.2, -0.15) is 0 Å². The lowest BCUT2D eigenvalue weighted by atomic mass is 10.1. The quantitative estimate of drug-likeness (QED) is 0.0686. The van der Waals surface area contributed by atoms with Gasteiger partial charge in [0.15, 0.2) is 0 Å². The molecule has 0 aromatic carbocycles. The Morgan fingerprint density at radius 1 is 0.711 bits per heavy atom. The van der Waals surface area contributed by atoms with Gasteiger partial charge < -0.3 is 20.6 Å². The Balaban J connectivity index is 3.87. The van der Waals surface area contributed by atoms with Crippen molar-refractivity contribution in [1.29, 1.82) is 0 Å². The van der Waals surface area contributed by atoms with Gasteiger partial charge >= 0.3 is 0 Å². The second kappa shape index (κ2) is 28.3. The van der Waals surface area contributed by atoms with E-state index in [0.29, 0.717) is 6.42 Å². The van der Waals surface area contributed by atoms with E-state index in [1.165, 1.54) is 51.4 Å². The fourth-order valence-electron chi connectivity index (χ4n) is 4.25. The fraction of sp³-hybridized carbons (Fsp3) is 0.727. The van der Waals surface area contributed by atoms with Crippen molar-refractivity contribution in [2.75, 3.05) is 6.61 Å². The van der Waals surface area contributed by atoms with Crippen LogP contribution in [-0.4, -0.2) is 46.1 Å². The second-order valence-corrected chi connectivity index (χ2v) is 10.3. The molecule has 0 spiro atoms. The van der Waals surface area contributed by atoms with E-state index in [1.54, 1.807) is 6.08 Å². The number of aliphatic hydroxyl groups excluding tert-OH is 3. The minimum absolute atomic E-state index is 0.0106. The SMILES string of the molecule is C/C=C/CC/C=C/CC/C=C/C(O)C(CO)NC(=O)CC(O)CCCCC/C=C\CCCCCCCCC. The summed E-state index contributed by atoms with van der Waals surface area (Å²) in [6.07, 6.45) is 33.9. The standard InChI is InChI=1S/C33H59NO4/c1-3-5-7-9-11-13-14-15-16-17-19-20-22-24-26-30(36)28-33(38)34-31(29-35)32(37)27-25-23-21-18-12-10-8-6-4-2/h4,6,12,16-18,25,27,30-32,35-37H,3,5,7-11,13-15,19-24,26,28-29H2,1-2H3,(H,34,38)/b6-4+,17-16-,18-12+,27-25+. The van der Waals surface area contributed by atoms with Gasteiger partial charge in [-0.25, -0.2) is 0 Å². The van der Waals surface area contributed by atoms with Crippen molar-refractivity contribution in [3.63, 3.8) is 0 Å². The summed E-state index contributed by atoms with van der Waals surface area (Å²) >= 11 is 0. The van der Waals surface area contributed by atoms with Crippen molar-refractivity contribution in [2.45, 2.75) is 148 Å². The third-order valence-electron chi connectivity index (χ3n) is 6.66. The van der Waals surface area contributed by atoms with E-state index >= 15 is 0 Å². The average Bonchev–Trinajstić information content (AvgIpc) is 2.90. The molecule has 0 aliphatic rings. The molecule has 0 aliphatic carbocycles. The zero-order valence-corrected chi connectivity index (χ0v) is 24.5. The molecule has 0 aromatic heterocycles. The third-order valence-corrected chi connectivity index (χ3v) is 6.66. The maximum absolute atomic E-state index is 12.3. The Labute approximate surface area is 234 Å². The summed E-state index contributed by atoms with van der Waals surface area (Å²) in [5.74, 6) is -0.346. The molecule has 0 saturated carbocycles. The molecule has 4 N–H and O–H groups in total. The van der Waals surface area contributed by atoms with Crippen LogP contribution in [0.4, 0.5) is 0 Å². The molecule has 0 rings (SSSR count). The molecular weight excluding hydrogens is 474 g/mol. The van der Waals surface area contributed by atoms with E-state index in [2.05, 4.69) is 42.6 Å². The number of carbonyl (C=O) groups is 1. The highest BCUT2D eigenvalue weighted by Crippen LogP contribution is 2.11. The maximum atomic E-state index is 12.3. The molecule has 1 amide bonds. The topological polar surface area (TPSA) is 89.8 Å². The van der Waals surface area contributed by atoms with Crippen LogP contribution in [0.15, 0.2) is 48.6 Å². The van der Waals surface area contributed by atoms with E-state index in [9.17, 15) is 20.1 Å². The highest BCUT2D eigenvalue weighted by molar-refractivity contribution is 5.76. The molecule has 38 heavy (non-hydrogen) atoms. The van der Waals surface area contributed by atoms with Crippen molar-refractivity contribution >= 4 is 5.91 Å². The molecule has 5 nitrogen and oxygen atoms in total. The van der Waals surface area contributed by atoms with Crippen LogP contribution in [0.1, 0.15) is 129 Å². The van der Waals surface area contributed by atoms with Gasteiger partial charge in [-0.1, -0.05) is 107 Å². The minimum atomic E-state index is -0.960. The lowest BCUT2D eigenvalue weighted by Gasteiger charge is -2.20. The van der Waals surface area contributed by atoms with Gasteiger partial charge in [0.25, 0.3) is 0 Å². The first-order chi connectivity index (χ1) is 18.5. The molecule has 0 saturated heterocycles.